The molecule has 2 unspecified atom stereocenters. The van der Waals surface area contributed by atoms with E-state index in [4.69, 9.17) is 11.6 Å². The van der Waals surface area contributed by atoms with Gasteiger partial charge in [-0.05, 0) is 54.3 Å². The number of benzene rings is 3. The molecular weight excluding hydrogens is 478 g/mol. The van der Waals surface area contributed by atoms with Crippen LogP contribution in [0.25, 0.3) is 0 Å². The number of phenolic OH excluding ortho intramolecular Hbond substituents is 1. The first kappa shape index (κ1) is 22.8. The molecule has 7 nitrogen and oxygen atoms in total. The highest BCUT2D eigenvalue weighted by Gasteiger charge is 2.70. The van der Waals surface area contributed by atoms with Gasteiger partial charge in [0.25, 0.3) is 0 Å². The third-order valence-electron chi connectivity index (χ3n) is 7.63. The van der Waals surface area contributed by atoms with Crippen molar-refractivity contribution in [1.29, 1.82) is 0 Å². The van der Waals surface area contributed by atoms with Crippen molar-refractivity contribution in [2.24, 2.45) is 11.8 Å². The Kier molecular flexibility index (Phi) is 5.35. The fraction of sp³-hybridized carbons (Fsp3) is 0.250. The summed E-state index contributed by atoms with van der Waals surface area (Å²) in [5, 5.41) is 16.4. The lowest BCUT2D eigenvalue weighted by Crippen LogP contribution is -2.53. The summed E-state index contributed by atoms with van der Waals surface area (Å²) in [6.07, 6.45) is 0.952. The summed E-state index contributed by atoms with van der Waals surface area (Å²) in [7, 11) is 0. The zero-order valence-corrected chi connectivity index (χ0v) is 20.0. The van der Waals surface area contributed by atoms with E-state index >= 15 is 0 Å². The van der Waals surface area contributed by atoms with Crippen molar-refractivity contribution in [3.8, 4) is 5.75 Å². The lowest BCUT2D eigenvalue weighted by Gasteiger charge is -2.29. The van der Waals surface area contributed by atoms with Gasteiger partial charge in [0.2, 0.25) is 17.7 Å². The second-order valence-corrected chi connectivity index (χ2v) is 10.1. The van der Waals surface area contributed by atoms with Crippen LogP contribution >= 0.6 is 11.6 Å². The van der Waals surface area contributed by atoms with Crippen molar-refractivity contribution in [2.45, 2.75) is 24.4 Å². The normalized spacial score (nSPS) is 26.4. The van der Waals surface area contributed by atoms with Crippen LogP contribution in [0.3, 0.4) is 0 Å². The molecule has 0 aromatic heterocycles. The molecule has 2 saturated heterocycles. The number of nitrogens with one attached hydrogen (secondary N) is 2. The molecule has 0 saturated carbocycles. The highest BCUT2D eigenvalue weighted by atomic mass is 35.5. The standard InChI is InChI=1S/C28H24ClN3O4/c29-18-8-11-21-20(15-18)28(27(36)30-21)24-23(22(31-28)14-17-6-9-19(33)10-7-17)25(34)32(26(24)35)13-12-16-4-2-1-3-5-16/h1-11,15,22-24,31,33H,12-14H2,(H,30,36)/t22?,23-,24+,28?/m1/s1. The number of likely N-dealkylation sites (tertiary alicyclic amines) is 1. The van der Waals surface area contributed by atoms with Gasteiger partial charge in [0.05, 0.1) is 11.8 Å². The van der Waals surface area contributed by atoms with Gasteiger partial charge in [-0.1, -0.05) is 54.1 Å². The van der Waals surface area contributed by atoms with Gasteiger partial charge in [0.1, 0.15) is 11.3 Å². The largest absolute Gasteiger partial charge is 0.508 e. The second kappa shape index (κ2) is 8.47. The Balaban J connectivity index is 1.40. The molecular formula is C28H24ClN3O4. The van der Waals surface area contributed by atoms with Gasteiger partial charge in [-0.15, -0.1) is 0 Å². The molecule has 3 aromatic carbocycles. The molecule has 0 aliphatic carbocycles. The minimum absolute atomic E-state index is 0.144. The number of phenols is 1. The Morgan fingerprint density at radius 3 is 2.42 bits per heavy atom. The fourth-order valence-corrected chi connectivity index (χ4v) is 6.17. The van der Waals surface area contributed by atoms with Gasteiger partial charge < -0.3 is 10.4 Å². The number of fused-ring (bicyclic) bond motifs is 4. The molecule has 3 amide bonds. The van der Waals surface area contributed by atoms with E-state index in [-0.39, 0.29) is 30.0 Å². The van der Waals surface area contributed by atoms with E-state index in [0.29, 0.717) is 29.1 Å². The van der Waals surface area contributed by atoms with Gasteiger partial charge >= 0.3 is 0 Å². The topological polar surface area (TPSA) is 98.7 Å². The third-order valence-corrected chi connectivity index (χ3v) is 7.86. The van der Waals surface area contributed by atoms with Crippen LogP contribution in [0.1, 0.15) is 16.7 Å². The van der Waals surface area contributed by atoms with E-state index in [1.54, 1.807) is 42.5 Å². The fourth-order valence-electron chi connectivity index (χ4n) is 6.00. The van der Waals surface area contributed by atoms with Crippen LogP contribution in [0.5, 0.6) is 5.75 Å². The SMILES string of the molecule is O=C1[C@@H]2C(Cc3ccc(O)cc3)NC3(C(=O)Nc4ccc(Cl)cc43)[C@@H]2C(=O)N1CCc1ccccc1. The Labute approximate surface area is 213 Å². The highest BCUT2D eigenvalue weighted by Crippen LogP contribution is 2.53. The molecule has 3 N–H and O–H groups in total. The number of amides is 3. The van der Waals surface area contributed by atoms with Crippen LogP contribution in [0, 0.1) is 11.8 Å². The smallest absolute Gasteiger partial charge is 0.250 e. The summed E-state index contributed by atoms with van der Waals surface area (Å²) in [5.74, 6) is -2.42. The number of nitrogens with zero attached hydrogens (tertiary/aromatic N) is 1. The molecule has 1 spiro atoms. The summed E-state index contributed by atoms with van der Waals surface area (Å²) in [4.78, 5) is 42.5. The van der Waals surface area contributed by atoms with Gasteiger partial charge in [-0.3, -0.25) is 24.6 Å². The summed E-state index contributed by atoms with van der Waals surface area (Å²) in [6.45, 7) is 0.251. The maximum Gasteiger partial charge on any atom is 0.250 e. The number of hydrogen-bond donors (Lipinski definition) is 3. The number of halogens is 1. The number of anilines is 1. The summed E-state index contributed by atoms with van der Waals surface area (Å²) < 4.78 is 0. The number of imide groups is 1. The summed E-state index contributed by atoms with van der Waals surface area (Å²) in [5.41, 5.74) is 1.70. The Morgan fingerprint density at radius 1 is 0.917 bits per heavy atom. The second-order valence-electron chi connectivity index (χ2n) is 9.64. The summed E-state index contributed by atoms with van der Waals surface area (Å²) >= 11 is 6.32. The third kappa shape index (κ3) is 3.42. The van der Waals surface area contributed by atoms with Gasteiger partial charge in [0.15, 0.2) is 0 Å². The first-order valence-corrected chi connectivity index (χ1v) is 12.3. The molecule has 0 radical (unpaired) electrons. The zero-order chi connectivity index (χ0) is 25.0. The van der Waals surface area contributed by atoms with E-state index in [2.05, 4.69) is 10.6 Å². The lowest BCUT2D eigenvalue weighted by molar-refractivity contribution is -0.142. The maximum absolute atomic E-state index is 13.9. The van der Waals surface area contributed by atoms with Gasteiger partial charge in [0, 0.05) is 28.9 Å². The molecule has 3 heterocycles. The van der Waals surface area contributed by atoms with E-state index in [9.17, 15) is 19.5 Å². The first-order chi connectivity index (χ1) is 17.4. The van der Waals surface area contributed by atoms with Crippen LogP contribution in [0.2, 0.25) is 5.02 Å². The molecule has 0 bridgehead atoms. The predicted octanol–water partition coefficient (Wildman–Crippen LogP) is 3.25. The maximum atomic E-state index is 13.9. The average molecular weight is 502 g/mol. The molecule has 8 heteroatoms. The molecule has 3 aliphatic rings. The highest BCUT2D eigenvalue weighted by molar-refractivity contribution is 6.31. The van der Waals surface area contributed by atoms with Crippen molar-refractivity contribution in [3.63, 3.8) is 0 Å². The Morgan fingerprint density at radius 2 is 1.67 bits per heavy atom. The van der Waals surface area contributed by atoms with E-state index in [0.717, 1.165) is 11.1 Å². The number of carbonyl (C=O) groups excluding carboxylic acids is 3. The molecule has 3 aliphatic heterocycles. The van der Waals surface area contributed by atoms with Crippen molar-refractivity contribution >= 4 is 35.0 Å². The molecule has 182 valence electrons. The van der Waals surface area contributed by atoms with Gasteiger partial charge in [-0.25, -0.2) is 0 Å². The number of rotatable bonds is 5. The Bertz CT molecular complexity index is 1380. The molecule has 36 heavy (non-hydrogen) atoms. The quantitative estimate of drug-likeness (QED) is 0.466. The number of aromatic hydroxyl groups is 1. The van der Waals surface area contributed by atoms with E-state index in [1.165, 1.54) is 4.90 Å². The number of hydrogen-bond acceptors (Lipinski definition) is 5. The van der Waals surface area contributed by atoms with Gasteiger partial charge in [-0.2, -0.15) is 0 Å². The van der Waals surface area contributed by atoms with Crippen LogP contribution in [0.4, 0.5) is 5.69 Å². The van der Waals surface area contributed by atoms with Crippen LogP contribution < -0.4 is 10.6 Å². The van der Waals surface area contributed by atoms with Crippen LogP contribution in [-0.2, 0) is 32.8 Å². The Hall–Kier alpha value is -3.68. The van der Waals surface area contributed by atoms with E-state index in [1.807, 2.05) is 30.3 Å². The van der Waals surface area contributed by atoms with E-state index < -0.39 is 23.4 Å². The predicted molar refractivity (Wildman–Crippen MR) is 134 cm³/mol. The average Bonchev–Trinajstić information content (AvgIpc) is 3.44. The number of carbonyl (C=O) groups is 3. The first-order valence-electron chi connectivity index (χ1n) is 11.9. The van der Waals surface area contributed by atoms with Crippen LogP contribution in [0.15, 0.2) is 72.8 Å². The minimum Gasteiger partial charge on any atom is -0.508 e. The molecule has 2 fully saturated rings. The van der Waals surface area contributed by atoms with Crippen molar-refractivity contribution in [2.75, 3.05) is 11.9 Å². The monoisotopic (exact) mass is 501 g/mol. The zero-order valence-electron chi connectivity index (χ0n) is 19.3. The van der Waals surface area contributed by atoms with Crippen molar-refractivity contribution in [1.82, 2.24) is 10.2 Å². The molecule has 4 atom stereocenters. The van der Waals surface area contributed by atoms with Crippen molar-refractivity contribution < 1.29 is 19.5 Å². The van der Waals surface area contributed by atoms with Crippen molar-refractivity contribution in [3.05, 3.63) is 94.5 Å². The minimum atomic E-state index is -1.39. The summed E-state index contributed by atoms with van der Waals surface area (Å²) in [6, 6.07) is 21.1. The molecule has 3 aromatic rings. The van der Waals surface area contributed by atoms with Crippen LogP contribution in [-0.4, -0.2) is 40.3 Å². The molecule has 6 rings (SSSR count). The lowest BCUT2D eigenvalue weighted by atomic mass is 9.76.